The minimum absolute atomic E-state index is 0.0152. The van der Waals surface area contributed by atoms with E-state index < -0.39 is 24.0 Å². The quantitative estimate of drug-likeness (QED) is 0.533. The molecule has 1 aliphatic heterocycles. The van der Waals surface area contributed by atoms with Crippen LogP contribution >= 0.6 is 11.8 Å². The zero-order chi connectivity index (χ0) is 15.1. The first-order chi connectivity index (χ1) is 10.0. The van der Waals surface area contributed by atoms with Crippen LogP contribution in [-0.2, 0) is 4.74 Å². The molecule has 21 heavy (non-hydrogen) atoms. The second kappa shape index (κ2) is 5.30. The highest BCUT2D eigenvalue weighted by molar-refractivity contribution is 7.98. The van der Waals surface area contributed by atoms with Crippen molar-refractivity contribution >= 4 is 28.9 Å². The molecule has 0 saturated carbocycles. The number of imidazole rings is 1. The van der Waals surface area contributed by atoms with E-state index in [9.17, 15) is 15.0 Å². The summed E-state index contributed by atoms with van der Waals surface area (Å²) >= 11 is 1.33. The molecule has 3 heterocycles. The second-order valence-corrected chi connectivity index (χ2v) is 5.48. The maximum Gasteiger partial charge on any atom is 0.280 e. The summed E-state index contributed by atoms with van der Waals surface area (Å²) in [6, 6.07) is 0. The fourth-order valence-corrected chi connectivity index (χ4v) is 3.01. The van der Waals surface area contributed by atoms with Gasteiger partial charge in [0.05, 0.1) is 12.7 Å². The van der Waals surface area contributed by atoms with Gasteiger partial charge in [-0.05, 0) is 6.26 Å². The first kappa shape index (κ1) is 14.3. The number of fused-ring (bicyclic) bond motifs is 1. The maximum atomic E-state index is 11.9. The number of aromatic amines is 1. The van der Waals surface area contributed by atoms with Gasteiger partial charge in [0.1, 0.15) is 12.3 Å². The summed E-state index contributed by atoms with van der Waals surface area (Å²) in [6.45, 7) is -0.283. The molecular weight excluding hydrogens is 298 g/mol. The van der Waals surface area contributed by atoms with Crippen LogP contribution in [0.4, 0.5) is 5.95 Å². The van der Waals surface area contributed by atoms with Gasteiger partial charge in [-0.3, -0.25) is 14.3 Å². The topological polar surface area (TPSA) is 139 Å². The number of H-pyrrole nitrogens is 1. The Labute approximate surface area is 123 Å². The predicted octanol–water partition coefficient (Wildman–Crippen LogP) is -0.936. The van der Waals surface area contributed by atoms with Crippen LogP contribution in [0.2, 0.25) is 0 Å². The van der Waals surface area contributed by atoms with Crippen molar-refractivity contribution in [3.8, 4) is 0 Å². The zero-order valence-corrected chi connectivity index (χ0v) is 12.0. The number of ether oxygens (including phenoxy) is 1. The Morgan fingerprint density at radius 3 is 2.95 bits per heavy atom. The third-order valence-corrected chi connectivity index (χ3v) is 4.04. The van der Waals surface area contributed by atoms with Crippen LogP contribution in [0, 0.1) is 0 Å². The van der Waals surface area contributed by atoms with Gasteiger partial charge in [0.2, 0.25) is 5.95 Å². The smallest absolute Gasteiger partial charge is 0.280 e. The van der Waals surface area contributed by atoms with Gasteiger partial charge < -0.3 is 20.7 Å². The summed E-state index contributed by atoms with van der Waals surface area (Å²) in [7, 11) is 0. The molecular formula is C11H15N5O4S. The molecule has 5 N–H and O–H groups in total. The number of nitrogen functional groups attached to an aromatic ring is 1. The van der Waals surface area contributed by atoms with Crippen molar-refractivity contribution in [3.63, 3.8) is 0 Å². The van der Waals surface area contributed by atoms with Gasteiger partial charge in [-0.15, -0.1) is 0 Å². The van der Waals surface area contributed by atoms with Gasteiger partial charge >= 0.3 is 0 Å². The molecule has 0 amide bonds. The Hall–Kier alpha value is -1.62. The van der Waals surface area contributed by atoms with Gasteiger partial charge in [-0.2, -0.15) is 4.98 Å². The molecule has 0 aliphatic carbocycles. The van der Waals surface area contributed by atoms with Crippen molar-refractivity contribution in [1.29, 1.82) is 0 Å². The van der Waals surface area contributed by atoms with Crippen LogP contribution in [0.25, 0.3) is 11.2 Å². The molecule has 3 rings (SSSR count). The lowest BCUT2D eigenvalue weighted by Crippen LogP contribution is -2.24. The van der Waals surface area contributed by atoms with Crippen LogP contribution in [0.15, 0.2) is 9.95 Å². The number of aromatic nitrogens is 4. The molecule has 3 atom stereocenters. The molecule has 1 aliphatic rings. The molecule has 0 aromatic carbocycles. The van der Waals surface area contributed by atoms with Crippen LogP contribution < -0.4 is 11.3 Å². The average Bonchev–Trinajstić information content (AvgIpc) is 2.98. The van der Waals surface area contributed by atoms with Crippen LogP contribution in [0.1, 0.15) is 12.6 Å². The largest absolute Gasteiger partial charge is 0.394 e. The SMILES string of the molecule is CSc1nc2c(=O)[nH]c(N)nc2n1[C@H]1C[C@H](O)[C@@H](CO)O1. The normalized spacial score (nSPS) is 25.8. The molecule has 2 aromatic heterocycles. The van der Waals surface area contributed by atoms with Gasteiger partial charge in [-0.1, -0.05) is 11.8 Å². The molecule has 10 heteroatoms. The first-order valence-electron chi connectivity index (χ1n) is 6.31. The third-order valence-electron chi connectivity index (χ3n) is 3.39. The minimum atomic E-state index is -0.786. The molecule has 0 radical (unpaired) electrons. The lowest BCUT2D eigenvalue weighted by Gasteiger charge is -2.15. The highest BCUT2D eigenvalue weighted by Crippen LogP contribution is 2.34. The van der Waals surface area contributed by atoms with Gasteiger partial charge in [0.25, 0.3) is 5.56 Å². The van der Waals surface area contributed by atoms with E-state index in [0.29, 0.717) is 10.8 Å². The van der Waals surface area contributed by atoms with E-state index in [1.54, 1.807) is 4.57 Å². The number of rotatable bonds is 3. The lowest BCUT2D eigenvalue weighted by atomic mass is 10.2. The summed E-state index contributed by atoms with van der Waals surface area (Å²) in [6.07, 6.45) is 0.0781. The van der Waals surface area contributed by atoms with E-state index in [-0.39, 0.29) is 24.5 Å². The fourth-order valence-electron chi connectivity index (χ4n) is 2.42. The molecule has 114 valence electrons. The maximum absolute atomic E-state index is 11.9. The number of aliphatic hydroxyl groups excluding tert-OH is 2. The molecule has 1 saturated heterocycles. The number of aliphatic hydroxyl groups is 2. The number of nitrogens with two attached hydrogens (primary N) is 1. The van der Waals surface area contributed by atoms with Gasteiger partial charge in [-0.25, -0.2) is 4.98 Å². The van der Waals surface area contributed by atoms with Crippen molar-refractivity contribution in [1.82, 2.24) is 19.5 Å². The monoisotopic (exact) mass is 313 g/mol. The van der Waals surface area contributed by atoms with Crippen molar-refractivity contribution in [2.45, 2.75) is 30.0 Å². The number of hydrogen-bond acceptors (Lipinski definition) is 8. The van der Waals surface area contributed by atoms with Crippen molar-refractivity contribution in [2.75, 3.05) is 18.6 Å². The summed E-state index contributed by atoms with van der Waals surface area (Å²) in [5.41, 5.74) is 5.62. The molecule has 0 bridgehead atoms. The molecule has 9 nitrogen and oxygen atoms in total. The minimum Gasteiger partial charge on any atom is -0.394 e. The van der Waals surface area contributed by atoms with Crippen molar-refractivity contribution in [3.05, 3.63) is 10.4 Å². The Balaban J connectivity index is 2.15. The third kappa shape index (κ3) is 2.29. The van der Waals surface area contributed by atoms with E-state index in [2.05, 4.69) is 15.0 Å². The van der Waals surface area contributed by atoms with E-state index in [1.807, 2.05) is 6.26 Å². The highest BCUT2D eigenvalue weighted by Gasteiger charge is 2.36. The standard InChI is InChI=1S/C11H15N5O4S/c1-21-11-13-7-8(14-10(12)15-9(7)19)16(11)6-2-4(18)5(3-17)20-6/h4-6,17-18H,2-3H2,1H3,(H3,12,14,15,19)/t4-,5+,6+/m0/s1. The fraction of sp³-hybridized carbons (Fsp3) is 0.545. The van der Waals surface area contributed by atoms with Crippen LogP contribution in [0.5, 0.6) is 0 Å². The Morgan fingerprint density at radius 1 is 1.57 bits per heavy atom. The van der Waals surface area contributed by atoms with Crippen LogP contribution in [-0.4, -0.2) is 54.8 Å². The molecule has 1 fully saturated rings. The van der Waals surface area contributed by atoms with Crippen molar-refractivity contribution in [2.24, 2.45) is 0 Å². The van der Waals surface area contributed by atoms with Gasteiger partial charge in [0.15, 0.2) is 16.3 Å². The Kier molecular flexibility index (Phi) is 3.61. The number of anilines is 1. The highest BCUT2D eigenvalue weighted by atomic mass is 32.2. The molecule has 0 unspecified atom stereocenters. The number of nitrogens with zero attached hydrogens (tertiary/aromatic N) is 3. The summed E-state index contributed by atoms with van der Waals surface area (Å²) in [4.78, 5) is 22.6. The Bertz CT molecular complexity index is 729. The molecule has 2 aromatic rings. The summed E-state index contributed by atoms with van der Waals surface area (Å²) < 4.78 is 7.24. The first-order valence-corrected chi connectivity index (χ1v) is 7.53. The number of thioether (sulfide) groups is 1. The lowest BCUT2D eigenvalue weighted by molar-refractivity contribution is -0.0457. The van der Waals surface area contributed by atoms with Crippen molar-refractivity contribution < 1.29 is 14.9 Å². The van der Waals surface area contributed by atoms with E-state index in [1.165, 1.54) is 11.8 Å². The van der Waals surface area contributed by atoms with Gasteiger partial charge in [0, 0.05) is 6.42 Å². The number of nitrogens with one attached hydrogen (secondary N) is 1. The summed E-state index contributed by atoms with van der Waals surface area (Å²) in [5, 5.41) is 19.6. The Morgan fingerprint density at radius 2 is 2.33 bits per heavy atom. The van der Waals surface area contributed by atoms with Crippen LogP contribution in [0.3, 0.4) is 0 Å². The summed E-state index contributed by atoms with van der Waals surface area (Å²) in [5.74, 6) is -0.0152. The second-order valence-electron chi connectivity index (χ2n) is 4.71. The predicted molar refractivity (Wildman–Crippen MR) is 76.0 cm³/mol. The molecule has 0 spiro atoms. The average molecular weight is 313 g/mol. The number of hydrogen-bond donors (Lipinski definition) is 4. The van der Waals surface area contributed by atoms with E-state index >= 15 is 0 Å². The zero-order valence-electron chi connectivity index (χ0n) is 11.2. The van der Waals surface area contributed by atoms with E-state index in [0.717, 1.165) is 0 Å². The van der Waals surface area contributed by atoms with E-state index in [4.69, 9.17) is 10.5 Å².